The number of carbonyl (C=O) groups excluding carboxylic acids is 1. The zero-order valence-electron chi connectivity index (χ0n) is 6.15. The van der Waals surface area contributed by atoms with Crippen molar-refractivity contribution < 1.29 is 14.5 Å². The summed E-state index contributed by atoms with van der Waals surface area (Å²) in [7, 11) is 0. The van der Waals surface area contributed by atoms with E-state index in [0.29, 0.717) is 0 Å². The highest BCUT2D eigenvalue weighted by Crippen LogP contribution is 2.02. The van der Waals surface area contributed by atoms with Crippen LogP contribution in [-0.4, -0.2) is 34.5 Å². The van der Waals surface area contributed by atoms with Gasteiger partial charge in [-0.3, -0.25) is 4.79 Å². The maximum atomic E-state index is 11.0. The van der Waals surface area contributed by atoms with Gasteiger partial charge in [0.15, 0.2) is 0 Å². The first kappa shape index (κ1) is 8.47. The van der Waals surface area contributed by atoms with Gasteiger partial charge in [-0.1, -0.05) is 0 Å². The summed E-state index contributed by atoms with van der Waals surface area (Å²) >= 11 is 0. The molecule has 0 unspecified atom stereocenters. The maximum absolute atomic E-state index is 11.0. The third kappa shape index (κ3) is 1.70. The molecule has 0 aliphatic carbocycles. The first-order valence-electron chi connectivity index (χ1n) is 3.22. The van der Waals surface area contributed by atoms with Crippen molar-refractivity contribution in [3.8, 4) is 0 Å². The molecule has 0 radical (unpaired) electrons. The molecule has 0 spiro atoms. The zero-order valence-corrected chi connectivity index (χ0v) is 6.15. The number of rotatable bonds is 3. The van der Waals surface area contributed by atoms with Gasteiger partial charge in [0.25, 0.3) is 5.91 Å². The number of nitrogens with zero attached hydrogens (tertiary/aromatic N) is 2. The molecule has 0 saturated heterocycles. The summed E-state index contributed by atoms with van der Waals surface area (Å²) in [5.74, 6) is -0.576. The second-order valence-electron chi connectivity index (χ2n) is 1.98. The van der Waals surface area contributed by atoms with Gasteiger partial charge in [-0.15, -0.1) is 0 Å². The molecule has 0 aliphatic rings. The summed E-state index contributed by atoms with van der Waals surface area (Å²) in [6.07, 6.45) is 0. The summed E-state index contributed by atoms with van der Waals surface area (Å²) in [4.78, 5) is 11.0. The number of aliphatic hydroxyl groups excluding tert-OH is 1. The highest BCUT2D eigenvalue weighted by atomic mass is 16.6. The molecular weight excluding hydrogens is 164 g/mol. The summed E-state index contributed by atoms with van der Waals surface area (Å²) in [6, 6.07) is 0. The van der Waals surface area contributed by atoms with Crippen LogP contribution in [0.5, 0.6) is 0 Å². The normalized spacial score (nSPS) is 9.75. The molecule has 0 aliphatic heterocycles. The Morgan fingerprint density at radius 3 is 2.92 bits per heavy atom. The number of carbonyl (C=O) groups is 1. The molecule has 4 N–H and O–H groups in total. The molecule has 0 fully saturated rings. The van der Waals surface area contributed by atoms with Gasteiger partial charge in [-0.05, 0) is 10.3 Å². The van der Waals surface area contributed by atoms with Crippen molar-refractivity contribution in [2.24, 2.45) is 0 Å². The monoisotopic (exact) mass is 172 g/mol. The molecule has 1 aromatic heterocycles. The van der Waals surface area contributed by atoms with Gasteiger partial charge in [0.1, 0.15) is 0 Å². The number of nitrogen functional groups attached to an aromatic ring is 1. The highest BCUT2D eigenvalue weighted by Gasteiger charge is 2.14. The SMILES string of the molecule is Nc1nonc1C(=O)NCCO. The number of nitrogens with two attached hydrogens (primary N) is 1. The van der Waals surface area contributed by atoms with Crippen molar-refractivity contribution in [2.45, 2.75) is 0 Å². The summed E-state index contributed by atoms with van der Waals surface area (Å²) in [5, 5.41) is 17.2. The van der Waals surface area contributed by atoms with E-state index < -0.39 is 5.91 Å². The van der Waals surface area contributed by atoms with Crippen LogP contribution in [0.1, 0.15) is 10.5 Å². The number of amides is 1. The Labute approximate surface area is 67.5 Å². The molecule has 0 atom stereocenters. The molecule has 1 aromatic rings. The lowest BCUT2D eigenvalue weighted by atomic mass is 10.4. The molecule has 1 rings (SSSR count). The average Bonchev–Trinajstić information content (AvgIpc) is 2.47. The Kier molecular flexibility index (Phi) is 2.59. The van der Waals surface area contributed by atoms with Gasteiger partial charge in [0.05, 0.1) is 6.61 Å². The second kappa shape index (κ2) is 3.67. The van der Waals surface area contributed by atoms with Crippen LogP contribution in [0.25, 0.3) is 0 Å². The Morgan fingerprint density at radius 2 is 2.42 bits per heavy atom. The fourth-order valence-electron chi connectivity index (χ4n) is 0.606. The predicted octanol–water partition coefficient (Wildman–Crippen LogP) is -1.63. The molecule has 1 heterocycles. The molecule has 66 valence electrons. The largest absolute Gasteiger partial charge is 0.395 e. The number of aliphatic hydroxyl groups is 1. The first-order valence-corrected chi connectivity index (χ1v) is 3.22. The molecule has 7 heteroatoms. The average molecular weight is 172 g/mol. The molecular formula is C5H8N4O3. The minimum absolute atomic E-state index is 0.0644. The van der Waals surface area contributed by atoms with Crippen molar-refractivity contribution >= 4 is 11.7 Å². The Morgan fingerprint density at radius 1 is 1.67 bits per heavy atom. The highest BCUT2D eigenvalue weighted by molar-refractivity contribution is 5.95. The molecule has 12 heavy (non-hydrogen) atoms. The van der Waals surface area contributed by atoms with E-state index in [2.05, 4.69) is 20.3 Å². The van der Waals surface area contributed by atoms with E-state index in [-0.39, 0.29) is 24.7 Å². The summed E-state index contributed by atoms with van der Waals surface area (Å²) in [6.45, 7) is 0.00204. The molecule has 0 saturated carbocycles. The van der Waals surface area contributed by atoms with Crippen molar-refractivity contribution in [2.75, 3.05) is 18.9 Å². The second-order valence-corrected chi connectivity index (χ2v) is 1.98. The van der Waals surface area contributed by atoms with Crippen LogP contribution >= 0.6 is 0 Å². The van der Waals surface area contributed by atoms with Gasteiger partial charge in [-0.2, -0.15) is 0 Å². The van der Waals surface area contributed by atoms with E-state index in [4.69, 9.17) is 10.8 Å². The minimum Gasteiger partial charge on any atom is -0.395 e. The standard InChI is InChI=1S/C5H8N4O3/c6-4-3(8-12-9-4)5(11)7-1-2-10/h10H,1-2H2,(H2,6,9)(H,7,11). The Hall–Kier alpha value is -1.63. The van der Waals surface area contributed by atoms with Crippen LogP contribution in [0.2, 0.25) is 0 Å². The van der Waals surface area contributed by atoms with E-state index in [1.807, 2.05) is 0 Å². The number of nitrogens with one attached hydrogen (secondary N) is 1. The van der Waals surface area contributed by atoms with Gasteiger partial charge < -0.3 is 16.2 Å². The van der Waals surface area contributed by atoms with Gasteiger partial charge in [0.2, 0.25) is 11.5 Å². The van der Waals surface area contributed by atoms with E-state index in [1.54, 1.807) is 0 Å². The van der Waals surface area contributed by atoms with Crippen molar-refractivity contribution in [3.05, 3.63) is 5.69 Å². The third-order valence-corrected chi connectivity index (χ3v) is 1.13. The lowest BCUT2D eigenvalue weighted by Crippen LogP contribution is -2.27. The van der Waals surface area contributed by atoms with Gasteiger partial charge in [0, 0.05) is 6.54 Å². The molecule has 0 aromatic carbocycles. The quantitative estimate of drug-likeness (QED) is 0.504. The fraction of sp³-hybridized carbons (Fsp3) is 0.400. The van der Waals surface area contributed by atoms with E-state index in [9.17, 15) is 4.79 Å². The van der Waals surface area contributed by atoms with Crippen molar-refractivity contribution in [1.82, 2.24) is 15.6 Å². The van der Waals surface area contributed by atoms with Crippen LogP contribution in [0.3, 0.4) is 0 Å². The summed E-state index contributed by atoms with van der Waals surface area (Å²) < 4.78 is 4.20. The van der Waals surface area contributed by atoms with E-state index >= 15 is 0 Å². The Balaban J connectivity index is 2.59. The van der Waals surface area contributed by atoms with Crippen LogP contribution in [-0.2, 0) is 0 Å². The fourth-order valence-corrected chi connectivity index (χ4v) is 0.606. The first-order chi connectivity index (χ1) is 5.75. The van der Waals surface area contributed by atoms with Crippen molar-refractivity contribution in [1.29, 1.82) is 0 Å². The van der Waals surface area contributed by atoms with Crippen LogP contribution in [0.4, 0.5) is 5.82 Å². The molecule has 1 amide bonds. The number of anilines is 1. The maximum Gasteiger partial charge on any atom is 0.277 e. The van der Waals surface area contributed by atoms with Crippen LogP contribution in [0.15, 0.2) is 4.63 Å². The van der Waals surface area contributed by atoms with Gasteiger partial charge >= 0.3 is 0 Å². The number of aromatic nitrogens is 2. The van der Waals surface area contributed by atoms with Gasteiger partial charge in [-0.25, -0.2) is 4.63 Å². The van der Waals surface area contributed by atoms with Crippen LogP contribution < -0.4 is 11.1 Å². The van der Waals surface area contributed by atoms with E-state index in [1.165, 1.54) is 0 Å². The Bertz CT molecular complexity index is 271. The predicted molar refractivity (Wildman–Crippen MR) is 38.1 cm³/mol. The number of hydrogen-bond acceptors (Lipinski definition) is 6. The smallest absolute Gasteiger partial charge is 0.277 e. The van der Waals surface area contributed by atoms with Crippen LogP contribution in [0, 0.1) is 0 Å². The molecule has 7 nitrogen and oxygen atoms in total. The van der Waals surface area contributed by atoms with Crippen molar-refractivity contribution in [3.63, 3.8) is 0 Å². The number of hydrogen-bond donors (Lipinski definition) is 3. The lowest BCUT2D eigenvalue weighted by Gasteiger charge is -1.97. The topological polar surface area (TPSA) is 114 Å². The molecule has 0 bridgehead atoms. The minimum atomic E-state index is -0.511. The summed E-state index contributed by atoms with van der Waals surface area (Å²) in [5.41, 5.74) is 5.16. The lowest BCUT2D eigenvalue weighted by molar-refractivity contribution is 0.0935. The zero-order chi connectivity index (χ0) is 8.97. The van der Waals surface area contributed by atoms with E-state index in [0.717, 1.165) is 0 Å². The third-order valence-electron chi connectivity index (χ3n) is 1.13.